The van der Waals surface area contributed by atoms with E-state index < -0.39 is 0 Å². The Balaban J connectivity index is 1.57. The number of rotatable bonds is 6. The van der Waals surface area contributed by atoms with E-state index in [2.05, 4.69) is 43.2 Å². The van der Waals surface area contributed by atoms with Gasteiger partial charge >= 0.3 is 0 Å². The van der Waals surface area contributed by atoms with E-state index in [1.165, 1.54) is 0 Å². The minimum Gasteiger partial charge on any atom is -0.307 e. The van der Waals surface area contributed by atoms with Gasteiger partial charge < -0.3 is 4.40 Å². The van der Waals surface area contributed by atoms with Crippen LogP contribution in [0.15, 0.2) is 58.7 Å². The maximum Gasteiger partial charge on any atom is 0.262 e. The van der Waals surface area contributed by atoms with E-state index >= 15 is 0 Å². The molecule has 0 aliphatic rings. The minimum atomic E-state index is -0.0106. The quantitative estimate of drug-likeness (QED) is 0.373. The van der Waals surface area contributed by atoms with Gasteiger partial charge in [-0.25, -0.2) is 4.98 Å². The van der Waals surface area contributed by atoms with Gasteiger partial charge in [0.1, 0.15) is 5.65 Å². The highest BCUT2D eigenvalue weighted by atomic mass is 32.2. The number of aryl methyl sites for hydroxylation is 2. The molecule has 0 amide bonds. The number of fused-ring (bicyclic) bond motifs is 4. The number of hydrogen-bond acceptors (Lipinski definition) is 5. The van der Waals surface area contributed by atoms with Crippen LogP contribution in [0.4, 0.5) is 0 Å². The molecule has 5 rings (SSSR count). The van der Waals surface area contributed by atoms with Crippen LogP contribution in [0.3, 0.4) is 0 Å². The van der Waals surface area contributed by atoms with Crippen molar-refractivity contribution in [3.63, 3.8) is 0 Å². The summed E-state index contributed by atoms with van der Waals surface area (Å²) in [6.07, 6.45) is 4.97. The lowest BCUT2D eigenvalue weighted by atomic mass is 10.1. The van der Waals surface area contributed by atoms with Crippen LogP contribution < -0.4 is 5.56 Å². The zero-order valence-electron chi connectivity index (χ0n) is 17.8. The topological polar surface area (TPSA) is 69.5 Å². The monoisotopic (exact) mass is 432 g/mol. The molecule has 1 aromatic carbocycles. The fourth-order valence-electron chi connectivity index (χ4n) is 3.83. The van der Waals surface area contributed by atoms with E-state index in [1.807, 2.05) is 45.3 Å². The van der Waals surface area contributed by atoms with E-state index in [0.717, 1.165) is 34.0 Å². The average molecular weight is 433 g/mol. The van der Waals surface area contributed by atoms with Crippen molar-refractivity contribution in [1.82, 2.24) is 28.5 Å². The van der Waals surface area contributed by atoms with Gasteiger partial charge in [-0.05, 0) is 43.0 Å². The summed E-state index contributed by atoms with van der Waals surface area (Å²) < 4.78 is 5.81. The van der Waals surface area contributed by atoms with Gasteiger partial charge in [0.15, 0.2) is 5.16 Å². The van der Waals surface area contributed by atoms with Crippen molar-refractivity contribution in [1.29, 1.82) is 0 Å². The van der Waals surface area contributed by atoms with Gasteiger partial charge in [-0.3, -0.25) is 13.8 Å². The zero-order chi connectivity index (χ0) is 21.5. The molecule has 4 heterocycles. The summed E-state index contributed by atoms with van der Waals surface area (Å²) in [5.74, 6) is 1.76. The molecular formula is C23H24N6OS. The van der Waals surface area contributed by atoms with E-state index in [0.29, 0.717) is 29.4 Å². The summed E-state index contributed by atoms with van der Waals surface area (Å²) >= 11 is 1.58. The number of thioether (sulfide) groups is 1. The predicted octanol–water partition coefficient (Wildman–Crippen LogP) is 4.34. The van der Waals surface area contributed by atoms with E-state index in [4.69, 9.17) is 4.98 Å². The van der Waals surface area contributed by atoms with Gasteiger partial charge in [0.05, 0.1) is 16.6 Å². The number of imidazole rings is 1. The molecule has 0 N–H and O–H groups in total. The summed E-state index contributed by atoms with van der Waals surface area (Å²) in [7, 11) is 0. The second-order valence-electron chi connectivity index (χ2n) is 8.22. The van der Waals surface area contributed by atoms with Crippen LogP contribution in [0, 0.1) is 12.8 Å². The van der Waals surface area contributed by atoms with Crippen LogP contribution in [0.1, 0.15) is 31.5 Å². The van der Waals surface area contributed by atoms with Gasteiger partial charge in [0.2, 0.25) is 5.78 Å². The van der Waals surface area contributed by atoms with Crippen LogP contribution >= 0.6 is 11.8 Å². The highest BCUT2D eigenvalue weighted by molar-refractivity contribution is 7.98. The molecule has 5 aromatic rings. The van der Waals surface area contributed by atoms with Crippen LogP contribution in [0.2, 0.25) is 0 Å². The predicted molar refractivity (Wildman–Crippen MR) is 124 cm³/mol. The maximum absolute atomic E-state index is 13.1. The number of hydrogen-bond donors (Lipinski definition) is 0. The Hall–Kier alpha value is -3.13. The summed E-state index contributed by atoms with van der Waals surface area (Å²) in [6, 6.07) is 11.8. The molecule has 0 aliphatic carbocycles. The van der Waals surface area contributed by atoms with Gasteiger partial charge in [-0.15, -0.1) is 10.2 Å². The third-order valence-corrected chi connectivity index (χ3v) is 6.45. The number of para-hydroxylation sites is 1. The Bertz CT molecular complexity index is 1460. The Morgan fingerprint density at radius 3 is 2.74 bits per heavy atom. The van der Waals surface area contributed by atoms with Crippen molar-refractivity contribution >= 4 is 34.1 Å². The highest BCUT2D eigenvalue weighted by Crippen LogP contribution is 2.25. The first-order valence-electron chi connectivity index (χ1n) is 10.5. The molecule has 0 radical (unpaired) electrons. The van der Waals surface area contributed by atoms with Crippen molar-refractivity contribution in [2.45, 2.75) is 44.6 Å². The lowest BCUT2D eigenvalue weighted by molar-refractivity contribution is 0.512. The Kier molecular flexibility index (Phi) is 5.02. The summed E-state index contributed by atoms with van der Waals surface area (Å²) in [5, 5.41) is 10.3. The maximum atomic E-state index is 13.1. The SMILES string of the molecule is Cc1cccn2cc(CSc3nnc4n(CCC(C)C)c(=O)c5ccccc5n34)nc12. The summed E-state index contributed by atoms with van der Waals surface area (Å²) in [5.41, 5.74) is 3.92. The fourth-order valence-corrected chi connectivity index (χ4v) is 4.65. The molecule has 31 heavy (non-hydrogen) atoms. The van der Waals surface area contributed by atoms with Crippen molar-refractivity contribution in [2.75, 3.05) is 0 Å². The van der Waals surface area contributed by atoms with Crippen molar-refractivity contribution < 1.29 is 0 Å². The smallest absolute Gasteiger partial charge is 0.262 e. The molecule has 8 heteroatoms. The first kappa shape index (κ1) is 19.8. The van der Waals surface area contributed by atoms with Crippen molar-refractivity contribution in [2.24, 2.45) is 5.92 Å². The Morgan fingerprint density at radius 1 is 1.10 bits per heavy atom. The molecule has 0 saturated carbocycles. The lowest BCUT2D eigenvalue weighted by Crippen LogP contribution is -2.24. The standard InChI is InChI=1S/C23H24N6OS/c1-15(2)10-12-28-21(30)18-8-4-5-9-19(18)29-22(28)25-26-23(29)31-14-17-13-27-11-6-7-16(3)20(27)24-17/h4-9,11,13,15H,10,12,14H2,1-3H3. The molecule has 0 bridgehead atoms. The molecule has 0 atom stereocenters. The molecule has 4 aromatic heterocycles. The largest absolute Gasteiger partial charge is 0.307 e. The van der Waals surface area contributed by atoms with Crippen LogP contribution in [0.5, 0.6) is 0 Å². The minimum absolute atomic E-state index is 0.0106. The molecule has 7 nitrogen and oxygen atoms in total. The van der Waals surface area contributed by atoms with Gasteiger partial charge in [-0.1, -0.05) is 43.8 Å². The Morgan fingerprint density at radius 2 is 1.94 bits per heavy atom. The highest BCUT2D eigenvalue weighted by Gasteiger charge is 2.17. The average Bonchev–Trinajstić information content (AvgIpc) is 3.37. The molecule has 158 valence electrons. The fraction of sp³-hybridized carbons (Fsp3) is 0.304. The van der Waals surface area contributed by atoms with Crippen LogP contribution in [0.25, 0.3) is 22.3 Å². The van der Waals surface area contributed by atoms with Gasteiger partial charge in [-0.2, -0.15) is 0 Å². The number of benzene rings is 1. The number of aromatic nitrogens is 6. The first-order chi connectivity index (χ1) is 15.0. The molecule has 0 unspecified atom stereocenters. The van der Waals surface area contributed by atoms with E-state index in [9.17, 15) is 4.79 Å². The van der Waals surface area contributed by atoms with Gasteiger partial charge in [0.25, 0.3) is 5.56 Å². The Labute approximate surface area is 183 Å². The summed E-state index contributed by atoms with van der Waals surface area (Å²) in [4.78, 5) is 17.9. The van der Waals surface area contributed by atoms with Crippen LogP contribution in [-0.2, 0) is 12.3 Å². The molecular weight excluding hydrogens is 408 g/mol. The van der Waals surface area contributed by atoms with Crippen molar-refractivity contribution in [3.8, 4) is 0 Å². The van der Waals surface area contributed by atoms with Gasteiger partial charge in [0, 0.05) is 24.7 Å². The van der Waals surface area contributed by atoms with E-state index in [-0.39, 0.29) is 5.56 Å². The molecule has 0 aliphatic heterocycles. The van der Waals surface area contributed by atoms with Crippen molar-refractivity contribution in [3.05, 3.63) is 70.4 Å². The molecule has 0 saturated heterocycles. The molecule has 0 fully saturated rings. The second kappa shape index (κ2) is 7.85. The van der Waals surface area contributed by atoms with E-state index in [1.54, 1.807) is 16.3 Å². The number of pyridine rings is 1. The first-order valence-corrected chi connectivity index (χ1v) is 11.4. The second-order valence-corrected chi connectivity index (χ2v) is 9.16. The zero-order valence-corrected chi connectivity index (χ0v) is 18.6. The third kappa shape index (κ3) is 3.50. The number of nitrogens with zero attached hydrogens (tertiary/aromatic N) is 6. The normalized spacial score (nSPS) is 12.0. The molecule has 0 spiro atoms. The third-order valence-electron chi connectivity index (χ3n) is 5.49. The van der Waals surface area contributed by atoms with Crippen LogP contribution in [-0.4, -0.2) is 28.5 Å². The summed E-state index contributed by atoms with van der Waals surface area (Å²) in [6.45, 7) is 7.00. The lowest BCUT2D eigenvalue weighted by Gasteiger charge is -2.12.